The fraction of sp³-hybridized carbons (Fsp3) is 0.615. The first-order valence-corrected chi connectivity index (χ1v) is 12.3. The van der Waals surface area contributed by atoms with Gasteiger partial charge in [0.15, 0.2) is 0 Å². The largest absolute Gasteiger partial charge is 0.361 e. The van der Waals surface area contributed by atoms with Crippen molar-refractivity contribution in [3.63, 3.8) is 0 Å². The number of carbonyl (C=O) groups is 2. The molecular weight excluding hydrogens is 386 g/mol. The van der Waals surface area contributed by atoms with Gasteiger partial charge in [-0.2, -0.15) is 0 Å². The Hall–Kier alpha value is -2.30. The van der Waals surface area contributed by atoms with Crippen LogP contribution in [0.1, 0.15) is 96.0 Å². The van der Waals surface area contributed by atoms with Crippen molar-refractivity contribution in [2.24, 2.45) is 0 Å². The van der Waals surface area contributed by atoms with E-state index in [2.05, 4.69) is 22.5 Å². The lowest BCUT2D eigenvalue weighted by Gasteiger charge is -2.33. The number of benzene rings is 1. The van der Waals surface area contributed by atoms with E-state index in [0.29, 0.717) is 0 Å². The molecule has 3 N–H and O–H groups in total. The number of carbonyl (C=O) groups excluding carboxylic acids is 2. The van der Waals surface area contributed by atoms with Crippen LogP contribution in [0.2, 0.25) is 0 Å². The van der Waals surface area contributed by atoms with Gasteiger partial charge in [0.1, 0.15) is 12.1 Å². The number of aromatic amines is 1. The number of rotatable bonds is 13. The molecule has 1 aromatic heterocycles. The third-order valence-corrected chi connectivity index (χ3v) is 6.67. The van der Waals surface area contributed by atoms with Crippen molar-refractivity contribution >= 4 is 22.7 Å². The summed E-state index contributed by atoms with van der Waals surface area (Å²) in [5.74, 6) is -0.222. The second kappa shape index (κ2) is 11.9. The zero-order valence-electron chi connectivity index (χ0n) is 19.2. The molecule has 2 amide bonds. The molecule has 0 spiro atoms. The summed E-state index contributed by atoms with van der Waals surface area (Å²) in [4.78, 5) is 28.7. The first-order chi connectivity index (χ1) is 15.1. The number of amides is 2. The smallest absolute Gasteiger partial charge is 0.243 e. The Morgan fingerprint density at radius 2 is 1.48 bits per heavy atom. The van der Waals surface area contributed by atoms with E-state index in [9.17, 15) is 9.59 Å². The van der Waals surface area contributed by atoms with E-state index in [1.54, 1.807) is 0 Å². The molecule has 0 saturated carbocycles. The monoisotopic (exact) mass is 425 g/mol. The maximum Gasteiger partial charge on any atom is 0.243 e. The molecule has 3 atom stereocenters. The minimum atomic E-state index is -0.532. The number of aromatic nitrogens is 1. The van der Waals surface area contributed by atoms with Crippen LogP contribution in [0, 0.1) is 0 Å². The zero-order valence-corrected chi connectivity index (χ0v) is 19.2. The fourth-order valence-electron chi connectivity index (χ4n) is 4.69. The van der Waals surface area contributed by atoms with Crippen LogP contribution in [0.25, 0.3) is 10.9 Å². The molecule has 1 aromatic carbocycles. The molecule has 1 saturated heterocycles. The molecule has 0 radical (unpaired) electrons. The van der Waals surface area contributed by atoms with Crippen molar-refractivity contribution < 1.29 is 9.59 Å². The summed E-state index contributed by atoms with van der Waals surface area (Å²) in [6, 6.07) is 7.13. The van der Waals surface area contributed by atoms with Gasteiger partial charge in [0.2, 0.25) is 11.8 Å². The van der Waals surface area contributed by atoms with Gasteiger partial charge >= 0.3 is 0 Å². The SMILES string of the molecule is CCCCCCCCCCCC[C@@H]1NC(=O)[C@@H](C(C)c2c[nH]c3ccccc23)NC1=O. The van der Waals surface area contributed by atoms with Crippen molar-refractivity contribution in [1.29, 1.82) is 0 Å². The minimum Gasteiger partial charge on any atom is -0.361 e. The van der Waals surface area contributed by atoms with E-state index in [1.807, 2.05) is 37.4 Å². The highest BCUT2D eigenvalue weighted by Gasteiger charge is 2.37. The van der Waals surface area contributed by atoms with Crippen LogP contribution in [-0.2, 0) is 9.59 Å². The van der Waals surface area contributed by atoms with Crippen LogP contribution in [0.4, 0.5) is 0 Å². The van der Waals surface area contributed by atoms with Crippen LogP contribution in [0.5, 0.6) is 0 Å². The molecule has 1 aliphatic heterocycles. The lowest BCUT2D eigenvalue weighted by atomic mass is 9.90. The van der Waals surface area contributed by atoms with Crippen molar-refractivity contribution in [3.05, 3.63) is 36.0 Å². The third kappa shape index (κ3) is 6.34. The lowest BCUT2D eigenvalue weighted by molar-refractivity contribution is -0.137. The molecule has 0 aliphatic carbocycles. The summed E-state index contributed by atoms with van der Waals surface area (Å²) in [6.07, 6.45) is 15.3. The van der Waals surface area contributed by atoms with Crippen LogP contribution >= 0.6 is 0 Å². The normalized spacial score (nSPS) is 19.9. The zero-order chi connectivity index (χ0) is 22.1. The summed E-state index contributed by atoms with van der Waals surface area (Å²) in [7, 11) is 0. The van der Waals surface area contributed by atoms with Gasteiger partial charge in [0.25, 0.3) is 0 Å². The van der Waals surface area contributed by atoms with E-state index in [-0.39, 0.29) is 17.7 Å². The number of hydrogen-bond acceptors (Lipinski definition) is 2. The number of hydrogen-bond donors (Lipinski definition) is 3. The van der Waals surface area contributed by atoms with Crippen LogP contribution < -0.4 is 10.6 Å². The summed E-state index contributed by atoms with van der Waals surface area (Å²) in [6.45, 7) is 4.25. The highest BCUT2D eigenvalue weighted by molar-refractivity contribution is 5.98. The maximum atomic E-state index is 12.8. The lowest BCUT2D eigenvalue weighted by Crippen LogP contribution is -2.62. The molecule has 1 aliphatic rings. The molecule has 31 heavy (non-hydrogen) atoms. The first-order valence-electron chi connectivity index (χ1n) is 12.3. The summed E-state index contributed by atoms with van der Waals surface area (Å²) in [5, 5.41) is 7.07. The van der Waals surface area contributed by atoms with E-state index in [1.165, 1.54) is 51.4 Å². The minimum absolute atomic E-state index is 0.0489. The summed E-state index contributed by atoms with van der Waals surface area (Å²) < 4.78 is 0. The Labute approximate surface area is 186 Å². The molecule has 5 nitrogen and oxygen atoms in total. The Bertz CT molecular complexity index is 844. The van der Waals surface area contributed by atoms with Crippen LogP contribution in [-0.4, -0.2) is 28.9 Å². The highest BCUT2D eigenvalue weighted by Crippen LogP contribution is 2.28. The quantitative estimate of drug-likeness (QED) is 0.367. The number of unbranched alkanes of at least 4 members (excludes halogenated alkanes) is 9. The number of H-pyrrole nitrogens is 1. The van der Waals surface area contributed by atoms with Crippen LogP contribution in [0.15, 0.2) is 30.5 Å². The van der Waals surface area contributed by atoms with Crippen molar-refractivity contribution in [3.8, 4) is 0 Å². The third-order valence-electron chi connectivity index (χ3n) is 6.67. The molecule has 0 bridgehead atoms. The highest BCUT2D eigenvalue weighted by atomic mass is 16.2. The van der Waals surface area contributed by atoms with Gasteiger partial charge in [0, 0.05) is 23.0 Å². The first kappa shape index (κ1) is 23.4. The molecule has 1 unspecified atom stereocenters. The second-order valence-electron chi connectivity index (χ2n) is 9.10. The standard InChI is InChI=1S/C26H39N3O2/c1-3-4-5-6-7-8-9-10-11-12-17-23-25(30)29-24(26(31)28-23)19(2)21-18-27-22-16-14-13-15-20(21)22/h13-16,18-19,23-24,27H,3-12,17H2,1-2H3,(H,28,31)(H,29,30)/t19?,23-,24+/m0/s1. The predicted molar refractivity (Wildman–Crippen MR) is 127 cm³/mol. The van der Waals surface area contributed by atoms with E-state index in [0.717, 1.165) is 35.7 Å². The van der Waals surface area contributed by atoms with Gasteiger partial charge in [-0.15, -0.1) is 0 Å². The van der Waals surface area contributed by atoms with Crippen molar-refractivity contribution in [1.82, 2.24) is 15.6 Å². The Morgan fingerprint density at radius 1 is 0.839 bits per heavy atom. The van der Waals surface area contributed by atoms with Gasteiger partial charge in [-0.05, 0) is 18.1 Å². The topological polar surface area (TPSA) is 74.0 Å². The molecule has 1 fully saturated rings. The van der Waals surface area contributed by atoms with E-state index < -0.39 is 12.1 Å². The van der Waals surface area contributed by atoms with Gasteiger partial charge in [-0.3, -0.25) is 9.59 Å². The fourth-order valence-corrected chi connectivity index (χ4v) is 4.69. The van der Waals surface area contributed by atoms with Gasteiger partial charge in [-0.25, -0.2) is 0 Å². The predicted octanol–water partition coefficient (Wildman–Crippen LogP) is 5.57. The second-order valence-corrected chi connectivity index (χ2v) is 9.10. The van der Waals surface area contributed by atoms with Crippen molar-refractivity contribution in [2.45, 2.75) is 102 Å². The van der Waals surface area contributed by atoms with E-state index >= 15 is 0 Å². The van der Waals surface area contributed by atoms with Gasteiger partial charge < -0.3 is 15.6 Å². The summed E-state index contributed by atoms with van der Waals surface area (Å²) in [5.41, 5.74) is 2.11. The molecule has 5 heteroatoms. The van der Waals surface area contributed by atoms with Crippen LogP contribution in [0.3, 0.4) is 0 Å². The Kier molecular flexibility index (Phi) is 8.98. The van der Waals surface area contributed by atoms with E-state index in [4.69, 9.17) is 0 Å². The summed E-state index contributed by atoms with van der Waals surface area (Å²) >= 11 is 0. The Morgan fingerprint density at radius 3 is 2.19 bits per heavy atom. The average molecular weight is 426 g/mol. The number of piperazine rings is 1. The number of nitrogens with one attached hydrogen (secondary N) is 3. The number of para-hydroxylation sites is 1. The maximum absolute atomic E-state index is 12.8. The molecular formula is C26H39N3O2. The number of fused-ring (bicyclic) bond motifs is 1. The van der Waals surface area contributed by atoms with Gasteiger partial charge in [-0.1, -0.05) is 96.3 Å². The van der Waals surface area contributed by atoms with Gasteiger partial charge in [0.05, 0.1) is 0 Å². The molecule has 170 valence electrons. The molecule has 2 aromatic rings. The average Bonchev–Trinajstić information content (AvgIpc) is 3.21. The van der Waals surface area contributed by atoms with Crippen molar-refractivity contribution in [2.75, 3.05) is 0 Å². The molecule has 2 heterocycles. The molecule has 3 rings (SSSR count). The Balaban J connectivity index is 1.39.